The van der Waals surface area contributed by atoms with E-state index in [1.807, 2.05) is 0 Å². The Kier molecular flexibility index (Phi) is 4.49. The summed E-state index contributed by atoms with van der Waals surface area (Å²) in [6.45, 7) is 0. The van der Waals surface area contributed by atoms with Gasteiger partial charge < -0.3 is 10.5 Å². The number of rotatable bonds is 4. The zero-order valence-corrected chi connectivity index (χ0v) is 12.1. The highest BCUT2D eigenvalue weighted by molar-refractivity contribution is 9.10. The van der Waals surface area contributed by atoms with Gasteiger partial charge in [-0.3, -0.25) is 10.1 Å². The molecule has 0 aliphatic heterocycles. The van der Waals surface area contributed by atoms with Gasteiger partial charge in [-0.15, -0.1) is 0 Å². The van der Waals surface area contributed by atoms with Gasteiger partial charge in [0.05, 0.1) is 15.5 Å². The van der Waals surface area contributed by atoms with Gasteiger partial charge in [0, 0.05) is 24.4 Å². The maximum absolute atomic E-state index is 13.8. The van der Waals surface area contributed by atoms with Crippen LogP contribution in [0.4, 0.5) is 10.1 Å². The number of nitrogens with one attached hydrogen (secondary N) is 1. The minimum atomic E-state index is -0.827. The molecule has 8 heteroatoms. The molecule has 0 aliphatic carbocycles. The number of aromatic amines is 1. The zero-order valence-electron chi connectivity index (χ0n) is 10.5. The van der Waals surface area contributed by atoms with Crippen molar-refractivity contribution < 1.29 is 19.0 Å². The molecule has 0 unspecified atom stereocenters. The van der Waals surface area contributed by atoms with Gasteiger partial charge in [-0.1, -0.05) is 0 Å². The second-order valence-corrected chi connectivity index (χ2v) is 4.84. The molecule has 6 nitrogen and oxygen atoms in total. The van der Waals surface area contributed by atoms with Gasteiger partial charge >= 0.3 is 0 Å². The number of pyridine rings is 1. The summed E-state index contributed by atoms with van der Waals surface area (Å²) in [4.78, 5) is 12.8. The number of hydrogen-bond donors (Lipinski definition) is 1. The number of ether oxygens (including phenoxy) is 1. The first-order valence-corrected chi connectivity index (χ1v) is 6.52. The Morgan fingerprint density at radius 2 is 2.14 bits per heavy atom. The summed E-state index contributed by atoms with van der Waals surface area (Å²) in [5, 5.41) is 10.6. The van der Waals surface area contributed by atoms with Crippen LogP contribution in [0.15, 0.2) is 41.1 Å². The normalized spacial score (nSPS) is 10.8. The first-order chi connectivity index (χ1) is 10.0. The van der Waals surface area contributed by atoms with E-state index in [1.165, 1.54) is 18.3 Å². The fourth-order valence-corrected chi connectivity index (χ4v) is 1.90. The molecule has 3 N–H and O–H groups in total. The maximum Gasteiger partial charge on any atom is 0.272 e. The van der Waals surface area contributed by atoms with Crippen LogP contribution in [0.1, 0.15) is 5.69 Å². The third-order valence-electron chi connectivity index (χ3n) is 2.51. The predicted octanol–water partition coefficient (Wildman–Crippen LogP) is 3.03. The number of hydrogen-bond acceptors (Lipinski definition) is 4. The molecule has 1 aromatic heterocycles. The van der Waals surface area contributed by atoms with E-state index in [0.717, 1.165) is 6.07 Å². The molecule has 0 saturated carbocycles. The molecule has 108 valence electrons. The largest absolute Gasteiger partial charge is 0.447 e. The van der Waals surface area contributed by atoms with Crippen LogP contribution in [-0.4, -0.2) is 4.92 Å². The fourth-order valence-electron chi connectivity index (χ4n) is 1.58. The van der Waals surface area contributed by atoms with Crippen LogP contribution < -0.4 is 15.5 Å². The van der Waals surface area contributed by atoms with Crippen LogP contribution >= 0.6 is 15.9 Å². The quantitative estimate of drug-likeness (QED) is 0.674. The average molecular weight is 355 g/mol. The summed E-state index contributed by atoms with van der Waals surface area (Å²) in [5.41, 5.74) is 5.51. The average Bonchev–Trinajstić information content (AvgIpc) is 2.44. The second-order valence-electron chi connectivity index (χ2n) is 3.93. The lowest BCUT2D eigenvalue weighted by Gasteiger charge is -2.06. The molecule has 1 heterocycles. The lowest BCUT2D eigenvalue weighted by Crippen LogP contribution is -2.09. The second kappa shape index (κ2) is 6.31. The topological polar surface area (TPSA) is 92.5 Å². The Labute approximate surface area is 127 Å². The highest BCUT2D eigenvalue weighted by Gasteiger charge is 2.16. The van der Waals surface area contributed by atoms with Crippen molar-refractivity contribution in [3.63, 3.8) is 0 Å². The number of nitro groups is 1. The third kappa shape index (κ3) is 3.54. The Morgan fingerprint density at radius 3 is 2.76 bits per heavy atom. The van der Waals surface area contributed by atoms with Crippen molar-refractivity contribution in [3.8, 4) is 11.5 Å². The van der Waals surface area contributed by atoms with Crippen LogP contribution in [-0.2, 0) is 0 Å². The molecule has 0 radical (unpaired) electrons. The smallest absolute Gasteiger partial charge is 0.272 e. The number of nitrogens with zero attached hydrogens (tertiary/aromatic N) is 1. The van der Waals surface area contributed by atoms with E-state index in [1.54, 1.807) is 18.3 Å². The molecule has 1 aromatic carbocycles. The molecule has 21 heavy (non-hydrogen) atoms. The van der Waals surface area contributed by atoms with Gasteiger partial charge in [0.2, 0.25) is 5.69 Å². The first kappa shape index (κ1) is 14.9. The maximum atomic E-state index is 13.8. The van der Waals surface area contributed by atoms with Crippen LogP contribution in [0, 0.1) is 15.9 Å². The Balaban J connectivity index is 2.38. The number of nitro benzene ring substituents is 1. The monoisotopic (exact) mass is 354 g/mol. The van der Waals surface area contributed by atoms with Gasteiger partial charge in [-0.05, 0) is 22.0 Å². The van der Waals surface area contributed by atoms with Crippen LogP contribution in [0.25, 0.3) is 6.08 Å². The summed E-state index contributed by atoms with van der Waals surface area (Å²) < 4.78 is 20.0. The highest BCUT2D eigenvalue weighted by Crippen LogP contribution is 2.30. The van der Waals surface area contributed by atoms with Crippen LogP contribution in [0.5, 0.6) is 11.5 Å². The number of H-pyrrole nitrogens is 1. The Bertz CT molecular complexity index is 722. The SMILES string of the molecule is NC=Cc1[nH+]cc(Br)cc1Oc1ccc([N+](=O)[O-])cc1F. The lowest BCUT2D eigenvalue weighted by molar-refractivity contribution is -0.385. The number of aromatic nitrogens is 1. The Hall–Kier alpha value is -2.48. The first-order valence-electron chi connectivity index (χ1n) is 5.72. The van der Waals surface area contributed by atoms with Gasteiger partial charge in [-0.25, -0.2) is 9.37 Å². The van der Waals surface area contributed by atoms with E-state index in [9.17, 15) is 14.5 Å². The molecular formula is C13H10BrFN3O3+. The van der Waals surface area contributed by atoms with Crippen molar-refractivity contribution in [2.24, 2.45) is 5.73 Å². The van der Waals surface area contributed by atoms with Crippen molar-refractivity contribution in [2.45, 2.75) is 0 Å². The van der Waals surface area contributed by atoms with E-state index >= 15 is 0 Å². The summed E-state index contributed by atoms with van der Waals surface area (Å²) in [6.07, 6.45) is 4.51. The Morgan fingerprint density at radius 1 is 1.38 bits per heavy atom. The highest BCUT2D eigenvalue weighted by atomic mass is 79.9. The zero-order chi connectivity index (χ0) is 15.4. The predicted molar refractivity (Wildman–Crippen MR) is 77.0 cm³/mol. The molecule has 2 rings (SSSR count). The minimum absolute atomic E-state index is 0.126. The molecule has 0 aliphatic rings. The van der Waals surface area contributed by atoms with Gasteiger partial charge in [0.15, 0.2) is 23.5 Å². The third-order valence-corrected chi connectivity index (χ3v) is 2.97. The van der Waals surface area contributed by atoms with Crippen molar-refractivity contribution in [3.05, 3.63) is 62.8 Å². The van der Waals surface area contributed by atoms with E-state index in [4.69, 9.17) is 10.5 Å². The minimum Gasteiger partial charge on any atom is -0.447 e. The number of benzene rings is 1. The molecule has 0 atom stereocenters. The fraction of sp³-hybridized carbons (Fsp3) is 0. The lowest BCUT2D eigenvalue weighted by atomic mass is 10.3. The number of nitrogens with two attached hydrogens (primary N) is 1. The molecule has 0 amide bonds. The van der Waals surface area contributed by atoms with Crippen LogP contribution in [0.3, 0.4) is 0 Å². The van der Waals surface area contributed by atoms with Crippen molar-refractivity contribution in [2.75, 3.05) is 0 Å². The van der Waals surface area contributed by atoms with E-state index in [2.05, 4.69) is 20.9 Å². The number of non-ortho nitro benzene ring substituents is 1. The van der Waals surface area contributed by atoms with E-state index < -0.39 is 10.7 Å². The van der Waals surface area contributed by atoms with Crippen molar-refractivity contribution in [1.29, 1.82) is 0 Å². The van der Waals surface area contributed by atoms with Crippen molar-refractivity contribution in [1.82, 2.24) is 0 Å². The molecule has 0 bridgehead atoms. The van der Waals surface area contributed by atoms with Gasteiger partial charge in [0.25, 0.3) is 5.69 Å². The summed E-state index contributed by atoms with van der Waals surface area (Å²) in [7, 11) is 0. The summed E-state index contributed by atoms with van der Waals surface area (Å²) >= 11 is 3.26. The van der Waals surface area contributed by atoms with Crippen LogP contribution in [0.2, 0.25) is 0 Å². The number of halogens is 2. The molecule has 0 saturated heterocycles. The van der Waals surface area contributed by atoms with Gasteiger partial charge in [-0.2, -0.15) is 0 Å². The molecule has 0 spiro atoms. The van der Waals surface area contributed by atoms with E-state index in [-0.39, 0.29) is 11.4 Å². The summed E-state index contributed by atoms with van der Waals surface area (Å²) in [5.74, 6) is -0.635. The van der Waals surface area contributed by atoms with Gasteiger partial charge in [0.1, 0.15) is 0 Å². The molecule has 0 fully saturated rings. The summed E-state index contributed by atoms with van der Waals surface area (Å²) in [6, 6.07) is 4.78. The standard InChI is InChI=1S/C13H9BrFN3O3/c14-8-5-13(11(3-4-16)17-7-8)21-12-2-1-9(18(19)20)6-10(12)15/h1-7H,16H2/p+1. The molecule has 2 aromatic rings. The van der Waals surface area contributed by atoms with E-state index in [0.29, 0.717) is 15.9 Å². The molecular weight excluding hydrogens is 345 g/mol. The van der Waals surface area contributed by atoms with Crippen molar-refractivity contribution >= 4 is 27.7 Å².